The Morgan fingerprint density at radius 1 is 1.23 bits per heavy atom. The van der Waals surface area contributed by atoms with Crippen molar-refractivity contribution in [3.05, 3.63) is 36.2 Å². The molecule has 0 atom stereocenters. The predicted octanol–water partition coefficient (Wildman–Crippen LogP) is 1.40. The smallest absolute Gasteiger partial charge is 0.116 e. The third kappa shape index (κ3) is 1.46. The van der Waals surface area contributed by atoms with Gasteiger partial charge in [-0.25, -0.2) is 0 Å². The molecule has 0 fully saturated rings. The van der Waals surface area contributed by atoms with Crippen LogP contribution in [0.3, 0.4) is 0 Å². The van der Waals surface area contributed by atoms with Crippen LogP contribution in [0.4, 0.5) is 0 Å². The van der Waals surface area contributed by atoms with E-state index in [1.54, 1.807) is 18.3 Å². The van der Waals surface area contributed by atoms with Gasteiger partial charge in [0.2, 0.25) is 0 Å². The van der Waals surface area contributed by atoms with E-state index in [9.17, 15) is 5.11 Å². The second-order valence-corrected chi connectivity index (χ2v) is 2.91. The minimum atomic E-state index is 0.259. The fourth-order valence-electron chi connectivity index (χ4n) is 1.29. The Morgan fingerprint density at radius 3 is 2.85 bits per heavy atom. The number of hydrogen-bond donors (Lipinski definition) is 2. The topological polar surface area (TPSA) is 59.1 Å². The monoisotopic (exact) mass is 174 g/mol. The van der Waals surface area contributed by atoms with E-state index in [-0.39, 0.29) is 5.75 Å². The van der Waals surface area contributed by atoms with Crippen molar-refractivity contribution in [2.24, 2.45) is 5.73 Å². The quantitative estimate of drug-likeness (QED) is 0.687. The van der Waals surface area contributed by atoms with Gasteiger partial charge in [-0.1, -0.05) is 6.07 Å². The van der Waals surface area contributed by atoms with Gasteiger partial charge in [0.25, 0.3) is 0 Å². The summed E-state index contributed by atoms with van der Waals surface area (Å²) >= 11 is 0. The molecule has 0 saturated heterocycles. The molecule has 0 aliphatic heterocycles. The van der Waals surface area contributed by atoms with Crippen molar-refractivity contribution in [3.8, 4) is 5.75 Å². The van der Waals surface area contributed by atoms with Gasteiger partial charge in [0.1, 0.15) is 5.75 Å². The highest BCUT2D eigenvalue weighted by atomic mass is 16.3. The van der Waals surface area contributed by atoms with Crippen LogP contribution in [0.1, 0.15) is 5.69 Å². The second kappa shape index (κ2) is 3.03. The first kappa shape index (κ1) is 8.01. The average molecular weight is 174 g/mol. The van der Waals surface area contributed by atoms with Gasteiger partial charge in [0.05, 0.1) is 5.69 Å². The fraction of sp³-hybridized carbons (Fsp3) is 0.100. The lowest BCUT2D eigenvalue weighted by atomic mass is 10.1. The summed E-state index contributed by atoms with van der Waals surface area (Å²) in [5, 5.41) is 11.2. The van der Waals surface area contributed by atoms with Crippen molar-refractivity contribution in [2.45, 2.75) is 6.54 Å². The zero-order valence-corrected chi connectivity index (χ0v) is 7.07. The maximum Gasteiger partial charge on any atom is 0.116 e. The van der Waals surface area contributed by atoms with E-state index in [4.69, 9.17) is 5.73 Å². The molecule has 3 heteroatoms. The van der Waals surface area contributed by atoms with Gasteiger partial charge in [-0.15, -0.1) is 0 Å². The molecule has 1 aromatic heterocycles. The molecule has 1 aromatic carbocycles. The standard InChI is InChI=1S/C10H10N2O/c11-5-9-3-7-1-2-10(13)4-8(7)6-12-9/h1-4,6,13H,5,11H2. The minimum Gasteiger partial charge on any atom is -0.508 e. The van der Waals surface area contributed by atoms with Crippen LogP contribution < -0.4 is 5.73 Å². The Morgan fingerprint density at radius 2 is 2.08 bits per heavy atom. The van der Waals surface area contributed by atoms with Gasteiger partial charge < -0.3 is 10.8 Å². The molecule has 1 heterocycles. The van der Waals surface area contributed by atoms with E-state index in [0.29, 0.717) is 6.54 Å². The van der Waals surface area contributed by atoms with Crippen molar-refractivity contribution in [1.82, 2.24) is 4.98 Å². The number of fused-ring (bicyclic) bond motifs is 1. The summed E-state index contributed by atoms with van der Waals surface area (Å²) in [6, 6.07) is 7.12. The van der Waals surface area contributed by atoms with E-state index in [0.717, 1.165) is 16.5 Å². The predicted molar refractivity (Wildman–Crippen MR) is 51.3 cm³/mol. The van der Waals surface area contributed by atoms with Gasteiger partial charge in [-0.2, -0.15) is 0 Å². The number of nitrogens with zero attached hydrogens (tertiary/aromatic N) is 1. The lowest BCUT2D eigenvalue weighted by Crippen LogP contribution is -1.98. The average Bonchev–Trinajstić information content (AvgIpc) is 2.17. The van der Waals surface area contributed by atoms with Crippen molar-refractivity contribution in [2.75, 3.05) is 0 Å². The van der Waals surface area contributed by atoms with Crippen LogP contribution in [-0.4, -0.2) is 10.1 Å². The zero-order chi connectivity index (χ0) is 9.26. The largest absolute Gasteiger partial charge is 0.508 e. The third-order valence-corrected chi connectivity index (χ3v) is 1.97. The summed E-state index contributed by atoms with van der Waals surface area (Å²) in [7, 11) is 0. The maximum absolute atomic E-state index is 9.20. The number of aromatic hydroxyl groups is 1. The molecular weight excluding hydrogens is 164 g/mol. The van der Waals surface area contributed by atoms with Gasteiger partial charge in [0.15, 0.2) is 0 Å². The van der Waals surface area contributed by atoms with E-state index in [1.807, 2.05) is 12.1 Å². The van der Waals surface area contributed by atoms with Crippen LogP contribution in [0, 0.1) is 0 Å². The van der Waals surface area contributed by atoms with E-state index >= 15 is 0 Å². The van der Waals surface area contributed by atoms with E-state index in [2.05, 4.69) is 4.98 Å². The molecule has 2 rings (SSSR count). The molecule has 0 radical (unpaired) electrons. The van der Waals surface area contributed by atoms with Crippen LogP contribution >= 0.6 is 0 Å². The van der Waals surface area contributed by atoms with E-state index in [1.165, 1.54) is 0 Å². The van der Waals surface area contributed by atoms with Crippen LogP contribution in [0.25, 0.3) is 10.8 Å². The highest BCUT2D eigenvalue weighted by Crippen LogP contribution is 2.19. The number of benzene rings is 1. The Balaban J connectivity index is 2.66. The normalized spacial score (nSPS) is 10.5. The Labute approximate surface area is 75.8 Å². The summed E-state index contributed by atoms with van der Waals surface area (Å²) in [6.07, 6.45) is 1.72. The second-order valence-electron chi connectivity index (χ2n) is 2.91. The summed E-state index contributed by atoms with van der Waals surface area (Å²) in [6.45, 7) is 0.441. The number of phenols is 1. The molecule has 66 valence electrons. The number of rotatable bonds is 1. The molecule has 0 aliphatic rings. The fourth-order valence-corrected chi connectivity index (χ4v) is 1.29. The molecule has 3 nitrogen and oxygen atoms in total. The number of phenolic OH excluding ortho intramolecular Hbond substituents is 1. The van der Waals surface area contributed by atoms with Crippen molar-refractivity contribution < 1.29 is 5.11 Å². The van der Waals surface area contributed by atoms with Gasteiger partial charge >= 0.3 is 0 Å². The van der Waals surface area contributed by atoms with Crippen LogP contribution in [0.15, 0.2) is 30.5 Å². The Bertz CT molecular complexity index is 440. The summed E-state index contributed by atoms with van der Waals surface area (Å²) in [4.78, 5) is 4.13. The first-order chi connectivity index (χ1) is 6.29. The van der Waals surface area contributed by atoms with Crippen molar-refractivity contribution in [1.29, 1.82) is 0 Å². The summed E-state index contributed by atoms with van der Waals surface area (Å²) in [5.74, 6) is 0.259. The molecule has 2 aromatic rings. The SMILES string of the molecule is NCc1cc2ccc(O)cc2cn1. The molecule has 3 N–H and O–H groups in total. The van der Waals surface area contributed by atoms with Gasteiger partial charge in [0, 0.05) is 18.1 Å². The molecule has 0 unspecified atom stereocenters. The van der Waals surface area contributed by atoms with Crippen LogP contribution in [-0.2, 0) is 6.54 Å². The summed E-state index contributed by atoms with van der Waals surface area (Å²) in [5.41, 5.74) is 6.32. The maximum atomic E-state index is 9.20. The molecule has 0 saturated carbocycles. The molecular formula is C10H10N2O. The molecule has 0 amide bonds. The highest BCUT2D eigenvalue weighted by Gasteiger charge is 1.97. The highest BCUT2D eigenvalue weighted by molar-refractivity contribution is 5.83. The number of pyridine rings is 1. The zero-order valence-electron chi connectivity index (χ0n) is 7.07. The molecule has 13 heavy (non-hydrogen) atoms. The molecule has 0 spiro atoms. The first-order valence-corrected chi connectivity index (χ1v) is 4.07. The van der Waals surface area contributed by atoms with Gasteiger partial charge in [-0.05, 0) is 23.6 Å². The van der Waals surface area contributed by atoms with Crippen LogP contribution in [0.5, 0.6) is 5.75 Å². The lowest BCUT2D eigenvalue weighted by Gasteiger charge is -2.00. The minimum absolute atomic E-state index is 0.259. The number of aromatic nitrogens is 1. The lowest BCUT2D eigenvalue weighted by molar-refractivity contribution is 0.476. The summed E-state index contributed by atoms with van der Waals surface area (Å²) < 4.78 is 0. The van der Waals surface area contributed by atoms with Crippen molar-refractivity contribution >= 4 is 10.8 Å². The number of hydrogen-bond acceptors (Lipinski definition) is 3. The van der Waals surface area contributed by atoms with E-state index < -0.39 is 0 Å². The van der Waals surface area contributed by atoms with Crippen LogP contribution in [0.2, 0.25) is 0 Å². The molecule has 0 bridgehead atoms. The molecule has 0 aliphatic carbocycles. The van der Waals surface area contributed by atoms with Crippen molar-refractivity contribution in [3.63, 3.8) is 0 Å². The van der Waals surface area contributed by atoms with Gasteiger partial charge in [-0.3, -0.25) is 4.98 Å². The Hall–Kier alpha value is -1.61. The first-order valence-electron chi connectivity index (χ1n) is 4.07. The third-order valence-electron chi connectivity index (χ3n) is 1.97. The number of nitrogens with two attached hydrogens (primary N) is 1. The Kier molecular flexibility index (Phi) is 1.87.